The van der Waals surface area contributed by atoms with Gasteiger partial charge < -0.3 is 15.4 Å². The molecular weight excluding hydrogens is 244 g/mol. The highest BCUT2D eigenvalue weighted by molar-refractivity contribution is 5.83. The molecular formula is C12H14N6O. The molecule has 4 rings (SSSR count). The highest BCUT2D eigenvalue weighted by atomic mass is 16.5. The van der Waals surface area contributed by atoms with Crippen molar-refractivity contribution in [2.45, 2.75) is 6.42 Å². The van der Waals surface area contributed by atoms with Gasteiger partial charge in [-0.15, -0.1) is 0 Å². The smallest absolute Gasteiger partial charge is 0.226 e. The van der Waals surface area contributed by atoms with Crippen LogP contribution in [0.25, 0.3) is 11.0 Å². The minimum absolute atomic E-state index is 0.317. The molecule has 2 aromatic heterocycles. The Morgan fingerprint density at radius 1 is 1.26 bits per heavy atom. The van der Waals surface area contributed by atoms with Gasteiger partial charge in [0.05, 0.1) is 19.4 Å². The van der Waals surface area contributed by atoms with Crippen molar-refractivity contribution in [3.8, 4) is 0 Å². The summed E-state index contributed by atoms with van der Waals surface area (Å²) in [6.45, 7) is 3.61. The zero-order valence-corrected chi connectivity index (χ0v) is 10.4. The van der Waals surface area contributed by atoms with Gasteiger partial charge in [-0.3, -0.25) is 0 Å². The summed E-state index contributed by atoms with van der Waals surface area (Å²) in [5.74, 6) is 1.10. The summed E-state index contributed by atoms with van der Waals surface area (Å²) < 4.78 is 5.33. The van der Waals surface area contributed by atoms with Crippen LogP contribution >= 0.6 is 0 Å². The lowest BCUT2D eigenvalue weighted by atomic mass is 9.85. The van der Waals surface area contributed by atoms with E-state index in [1.54, 1.807) is 6.20 Å². The predicted molar refractivity (Wildman–Crippen MR) is 69.6 cm³/mol. The molecule has 0 unspecified atom stereocenters. The molecule has 7 nitrogen and oxygen atoms in total. The van der Waals surface area contributed by atoms with Gasteiger partial charge in [0.1, 0.15) is 17.4 Å². The van der Waals surface area contributed by atoms with E-state index in [1.807, 2.05) is 0 Å². The fourth-order valence-corrected chi connectivity index (χ4v) is 2.75. The Hall–Kier alpha value is -2.02. The molecule has 1 spiro atoms. The van der Waals surface area contributed by atoms with Gasteiger partial charge in [0.15, 0.2) is 5.82 Å². The van der Waals surface area contributed by atoms with Crippen LogP contribution in [0.4, 0.5) is 11.8 Å². The lowest BCUT2D eigenvalue weighted by Gasteiger charge is -2.37. The zero-order chi connectivity index (χ0) is 12.9. The van der Waals surface area contributed by atoms with Crippen LogP contribution in [0.2, 0.25) is 0 Å². The van der Waals surface area contributed by atoms with Crippen LogP contribution in [0.5, 0.6) is 0 Å². The molecule has 2 aliphatic rings. The average Bonchev–Trinajstić information content (AvgIpc) is 2.84. The fraction of sp³-hybridized carbons (Fsp3) is 0.500. The first-order chi connectivity index (χ1) is 9.26. The maximum atomic E-state index is 5.83. The van der Waals surface area contributed by atoms with Crippen LogP contribution in [-0.4, -0.2) is 46.2 Å². The molecule has 4 heterocycles. The quantitative estimate of drug-likeness (QED) is 0.782. The van der Waals surface area contributed by atoms with Gasteiger partial charge in [-0.1, -0.05) is 0 Å². The third-order valence-corrected chi connectivity index (χ3v) is 3.93. The van der Waals surface area contributed by atoms with Crippen LogP contribution in [0.3, 0.4) is 0 Å². The monoisotopic (exact) mass is 258 g/mol. The summed E-state index contributed by atoms with van der Waals surface area (Å²) in [5, 5.41) is 0. The second kappa shape index (κ2) is 3.74. The van der Waals surface area contributed by atoms with Gasteiger partial charge in [-0.2, -0.15) is 0 Å². The minimum atomic E-state index is 0.317. The van der Waals surface area contributed by atoms with Crippen molar-refractivity contribution in [2.75, 3.05) is 36.9 Å². The highest BCUT2D eigenvalue weighted by Gasteiger charge is 2.45. The molecule has 19 heavy (non-hydrogen) atoms. The molecule has 0 aliphatic carbocycles. The number of aromatic nitrogens is 4. The van der Waals surface area contributed by atoms with E-state index in [1.165, 1.54) is 6.33 Å². The lowest BCUT2D eigenvalue weighted by Crippen LogP contribution is -2.44. The summed E-state index contributed by atoms with van der Waals surface area (Å²) in [7, 11) is 0. The first kappa shape index (κ1) is 10.9. The third-order valence-electron chi connectivity index (χ3n) is 3.93. The number of rotatable bonds is 1. The van der Waals surface area contributed by atoms with Crippen molar-refractivity contribution in [3.05, 3.63) is 12.5 Å². The molecule has 2 aromatic rings. The molecule has 0 saturated carbocycles. The van der Waals surface area contributed by atoms with Gasteiger partial charge in [-0.05, 0) is 6.42 Å². The molecule has 0 amide bonds. The van der Waals surface area contributed by atoms with Gasteiger partial charge in [0, 0.05) is 18.5 Å². The first-order valence-electron chi connectivity index (χ1n) is 6.32. The molecule has 7 heteroatoms. The minimum Gasteiger partial charge on any atom is -0.382 e. The molecule has 0 bridgehead atoms. The van der Waals surface area contributed by atoms with E-state index in [0.717, 1.165) is 32.7 Å². The Kier molecular flexibility index (Phi) is 2.14. The number of nitrogen functional groups attached to an aromatic ring is 1. The summed E-state index contributed by atoms with van der Waals surface area (Å²) in [6, 6.07) is 0. The van der Waals surface area contributed by atoms with Crippen LogP contribution in [-0.2, 0) is 4.74 Å². The second-order valence-electron chi connectivity index (χ2n) is 5.33. The number of nitrogens with zero attached hydrogens (tertiary/aromatic N) is 5. The Labute approximate surface area is 109 Å². The normalized spacial score (nSPS) is 20.9. The Morgan fingerprint density at radius 2 is 2.16 bits per heavy atom. The average molecular weight is 258 g/mol. The molecule has 98 valence electrons. The van der Waals surface area contributed by atoms with E-state index in [4.69, 9.17) is 10.5 Å². The standard InChI is InChI=1S/C12H14N6O/c13-10-9-8(15-7-16-10)3-14-11(17-9)18-2-1-12(4-18)5-19-6-12/h3,7H,1-2,4-6H2,(H2,13,15,16). The molecule has 0 radical (unpaired) electrons. The van der Waals surface area contributed by atoms with E-state index >= 15 is 0 Å². The number of ether oxygens (including phenoxy) is 1. The number of hydrogen-bond acceptors (Lipinski definition) is 7. The number of nitrogens with two attached hydrogens (primary N) is 1. The van der Waals surface area contributed by atoms with E-state index in [0.29, 0.717) is 28.2 Å². The molecule has 2 N–H and O–H groups in total. The second-order valence-corrected chi connectivity index (χ2v) is 5.33. The summed E-state index contributed by atoms with van der Waals surface area (Å²) in [5.41, 5.74) is 7.45. The highest BCUT2D eigenvalue weighted by Crippen LogP contribution is 2.38. The Bertz CT molecular complexity index is 641. The van der Waals surface area contributed by atoms with Crippen molar-refractivity contribution in [1.29, 1.82) is 0 Å². The lowest BCUT2D eigenvalue weighted by molar-refractivity contribution is -0.0985. The zero-order valence-electron chi connectivity index (χ0n) is 10.4. The Balaban J connectivity index is 1.70. The van der Waals surface area contributed by atoms with Gasteiger partial charge >= 0.3 is 0 Å². The van der Waals surface area contributed by atoms with Crippen molar-refractivity contribution in [1.82, 2.24) is 19.9 Å². The first-order valence-corrected chi connectivity index (χ1v) is 6.32. The third kappa shape index (κ3) is 1.61. The maximum Gasteiger partial charge on any atom is 0.226 e. The molecule has 2 fully saturated rings. The van der Waals surface area contributed by atoms with Crippen molar-refractivity contribution >= 4 is 22.8 Å². The SMILES string of the molecule is Nc1ncnc2cnc(N3CCC4(COC4)C3)nc12. The number of fused-ring (bicyclic) bond motifs is 1. The van der Waals surface area contributed by atoms with E-state index < -0.39 is 0 Å². The van der Waals surface area contributed by atoms with Gasteiger partial charge in [0.25, 0.3) is 0 Å². The van der Waals surface area contributed by atoms with Crippen LogP contribution in [0.15, 0.2) is 12.5 Å². The summed E-state index contributed by atoms with van der Waals surface area (Å²) >= 11 is 0. The van der Waals surface area contributed by atoms with E-state index in [2.05, 4.69) is 24.8 Å². The largest absolute Gasteiger partial charge is 0.382 e. The Morgan fingerprint density at radius 3 is 2.89 bits per heavy atom. The van der Waals surface area contributed by atoms with Crippen LogP contribution in [0, 0.1) is 5.41 Å². The van der Waals surface area contributed by atoms with Crippen molar-refractivity contribution in [3.63, 3.8) is 0 Å². The van der Waals surface area contributed by atoms with Crippen molar-refractivity contribution in [2.24, 2.45) is 5.41 Å². The molecule has 2 aliphatic heterocycles. The van der Waals surface area contributed by atoms with Crippen molar-refractivity contribution < 1.29 is 4.74 Å². The molecule has 0 atom stereocenters. The fourth-order valence-electron chi connectivity index (χ4n) is 2.75. The van der Waals surface area contributed by atoms with Gasteiger partial charge in [-0.25, -0.2) is 19.9 Å². The molecule has 0 aromatic carbocycles. The predicted octanol–water partition coefficient (Wildman–Crippen LogP) is 0.229. The maximum absolute atomic E-state index is 5.83. The number of hydrogen-bond donors (Lipinski definition) is 1. The van der Waals surface area contributed by atoms with Gasteiger partial charge in [0.2, 0.25) is 5.95 Å². The summed E-state index contributed by atoms with van der Waals surface area (Å²) in [6.07, 6.45) is 4.27. The molecule has 2 saturated heterocycles. The summed E-state index contributed by atoms with van der Waals surface area (Å²) in [4.78, 5) is 19.2. The van der Waals surface area contributed by atoms with Crippen LogP contribution in [0.1, 0.15) is 6.42 Å². The van der Waals surface area contributed by atoms with Crippen LogP contribution < -0.4 is 10.6 Å². The van der Waals surface area contributed by atoms with E-state index in [-0.39, 0.29) is 0 Å². The van der Waals surface area contributed by atoms with E-state index in [9.17, 15) is 0 Å². The number of anilines is 2. The topological polar surface area (TPSA) is 90.0 Å².